The van der Waals surface area contributed by atoms with E-state index in [4.69, 9.17) is 28.9 Å². The lowest BCUT2D eigenvalue weighted by molar-refractivity contribution is 0.572. The van der Waals surface area contributed by atoms with Gasteiger partial charge in [-0.2, -0.15) is 5.10 Å². The molecule has 0 spiro atoms. The molecule has 0 amide bonds. The normalized spacial score (nSPS) is 10.7. The van der Waals surface area contributed by atoms with Crippen molar-refractivity contribution in [2.45, 2.75) is 19.9 Å². The van der Waals surface area contributed by atoms with Gasteiger partial charge in [-0.05, 0) is 30.7 Å². The van der Waals surface area contributed by atoms with Gasteiger partial charge in [0.05, 0.1) is 10.7 Å². The first-order chi connectivity index (χ1) is 9.02. The summed E-state index contributed by atoms with van der Waals surface area (Å²) in [5, 5.41) is 5.30. The molecule has 2 N–H and O–H groups in total. The van der Waals surface area contributed by atoms with Crippen molar-refractivity contribution in [3.05, 3.63) is 44.7 Å². The topological polar surface area (TPSA) is 60.9 Å². The molecule has 0 unspecified atom stereocenters. The summed E-state index contributed by atoms with van der Waals surface area (Å²) in [5.41, 5.74) is 6.86. The fraction of sp³-hybridized carbons (Fsp3) is 0.231. The second-order valence-electron chi connectivity index (χ2n) is 4.14. The Hall–Kier alpha value is -1.52. The van der Waals surface area contributed by atoms with Crippen molar-refractivity contribution in [3.63, 3.8) is 0 Å². The summed E-state index contributed by atoms with van der Waals surface area (Å²) < 4.78 is 1.36. The first-order valence-corrected chi connectivity index (χ1v) is 6.61. The van der Waals surface area contributed by atoms with Crippen LogP contribution in [-0.2, 0) is 6.54 Å². The average molecular weight is 298 g/mol. The van der Waals surface area contributed by atoms with Crippen LogP contribution in [0.4, 0.5) is 5.69 Å². The third-order valence-electron chi connectivity index (χ3n) is 2.64. The molecule has 0 bridgehead atoms. The molecule has 2 rings (SSSR count). The summed E-state index contributed by atoms with van der Waals surface area (Å²) in [7, 11) is 0. The van der Waals surface area contributed by atoms with Crippen LogP contribution in [-0.4, -0.2) is 9.78 Å². The van der Waals surface area contributed by atoms with Crippen LogP contribution in [0.15, 0.2) is 29.1 Å². The molecule has 0 radical (unpaired) electrons. The van der Waals surface area contributed by atoms with Crippen molar-refractivity contribution >= 4 is 28.9 Å². The third-order valence-corrected chi connectivity index (χ3v) is 3.19. The number of hydrogen-bond acceptors (Lipinski definition) is 3. The Kier molecular flexibility index (Phi) is 4.12. The van der Waals surface area contributed by atoms with E-state index in [0.29, 0.717) is 27.8 Å². The zero-order valence-electron chi connectivity index (χ0n) is 10.4. The number of nitrogens with zero attached hydrogens (tertiary/aromatic N) is 2. The first-order valence-electron chi connectivity index (χ1n) is 5.86. The number of hydrogen-bond donors (Lipinski definition) is 1. The summed E-state index contributed by atoms with van der Waals surface area (Å²) in [4.78, 5) is 11.8. The molecular weight excluding hydrogens is 285 g/mol. The molecule has 0 aliphatic heterocycles. The molecular formula is C13H13Cl2N3O. The summed E-state index contributed by atoms with van der Waals surface area (Å²) in [6, 6.07) is 6.64. The maximum absolute atomic E-state index is 11.8. The third kappa shape index (κ3) is 2.91. The SMILES string of the molecule is CCCn1nc(-c2ccc(Cl)cc2Cl)cc(N)c1=O. The predicted molar refractivity (Wildman–Crippen MR) is 78.7 cm³/mol. The van der Waals surface area contributed by atoms with Crippen LogP contribution >= 0.6 is 23.2 Å². The Labute approximate surface area is 120 Å². The van der Waals surface area contributed by atoms with E-state index in [1.807, 2.05) is 6.92 Å². The highest BCUT2D eigenvalue weighted by atomic mass is 35.5. The quantitative estimate of drug-likeness (QED) is 0.946. The van der Waals surface area contributed by atoms with Crippen LogP contribution in [0.1, 0.15) is 13.3 Å². The van der Waals surface area contributed by atoms with Gasteiger partial charge in [0.15, 0.2) is 0 Å². The van der Waals surface area contributed by atoms with Gasteiger partial charge in [0, 0.05) is 17.1 Å². The van der Waals surface area contributed by atoms with Gasteiger partial charge in [-0.25, -0.2) is 4.68 Å². The molecule has 2 aromatic rings. The second-order valence-corrected chi connectivity index (χ2v) is 4.98. The molecule has 1 aromatic heterocycles. The Morgan fingerprint density at radius 2 is 2.05 bits per heavy atom. The molecule has 0 saturated heterocycles. The van der Waals surface area contributed by atoms with Gasteiger partial charge in [0.1, 0.15) is 5.69 Å². The molecule has 1 aromatic carbocycles. The zero-order valence-corrected chi connectivity index (χ0v) is 11.9. The van der Waals surface area contributed by atoms with Gasteiger partial charge in [0.25, 0.3) is 5.56 Å². The van der Waals surface area contributed by atoms with Crippen LogP contribution < -0.4 is 11.3 Å². The van der Waals surface area contributed by atoms with Gasteiger partial charge < -0.3 is 5.73 Å². The molecule has 4 nitrogen and oxygen atoms in total. The predicted octanol–water partition coefficient (Wildman–Crippen LogP) is 3.21. The van der Waals surface area contributed by atoms with E-state index in [2.05, 4.69) is 5.10 Å². The lowest BCUT2D eigenvalue weighted by atomic mass is 10.1. The van der Waals surface area contributed by atoms with Crippen LogP contribution in [0.5, 0.6) is 0 Å². The van der Waals surface area contributed by atoms with E-state index in [1.165, 1.54) is 10.7 Å². The summed E-state index contributed by atoms with van der Waals surface area (Å²) >= 11 is 12.0. The molecule has 0 saturated carbocycles. The number of anilines is 1. The Bertz CT molecular complexity index is 667. The Morgan fingerprint density at radius 3 is 2.68 bits per heavy atom. The van der Waals surface area contributed by atoms with E-state index in [-0.39, 0.29) is 11.2 Å². The number of aromatic nitrogens is 2. The van der Waals surface area contributed by atoms with E-state index in [0.717, 1.165) is 6.42 Å². The van der Waals surface area contributed by atoms with Crippen LogP contribution in [0.25, 0.3) is 11.3 Å². The molecule has 19 heavy (non-hydrogen) atoms. The van der Waals surface area contributed by atoms with Crippen molar-refractivity contribution in [3.8, 4) is 11.3 Å². The van der Waals surface area contributed by atoms with E-state index >= 15 is 0 Å². The lowest BCUT2D eigenvalue weighted by Crippen LogP contribution is -2.25. The van der Waals surface area contributed by atoms with E-state index < -0.39 is 0 Å². The standard InChI is InChI=1S/C13H13Cl2N3O/c1-2-5-18-13(19)11(16)7-12(17-18)9-4-3-8(14)6-10(9)15/h3-4,6-7H,2,5,16H2,1H3. The summed E-state index contributed by atoms with van der Waals surface area (Å²) in [6.07, 6.45) is 0.796. The maximum atomic E-state index is 11.8. The monoisotopic (exact) mass is 297 g/mol. The van der Waals surface area contributed by atoms with Crippen LogP contribution in [0.2, 0.25) is 10.0 Å². The van der Waals surface area contributed by atoms with Crippen molar-refractivity contribution in [1.29, 1.82) is 0 Å². The Balaban J connectivity index is 2.59. The smallest absolute Gasteiger partial charge is 0.289 e. The molecule has 6 heteroatoms. The minimum atomic E-state index is -0.282. The van der Waals surface area contributed by atoms with E-state index in [1.54, 1.807) is 18.2 Å². The van der Waals surface area contributed by atoms with Crippen molar-refractivity contribution in [1.82, 2.24) is 9.78 Å². The number of halogens is 2. The van der Waals surface area contributed by atoms with Crippen LogP contribution in [0.3, 0.4) is 0 Å². The minimum Gasteiger partial charge on any atom is -0.394 e. The first kappa shape index (κ1) is 13.9. The lowest BCUT2D eigenvalue weighted by Gasteiger charge is -2.09. The molecule has 0 fully saturated rings. The number of aryl methyl sites for hydroxylation is 1. The van der Waals surface area contributed by atoms with Crippen molar-refractivity contribution in [2.24, 2.45) is 0 Å². The highest BCUT2D eigenvalue weighted by molar-refractivity contribution is 6.36. The van der Waals surface area contributed by atoms with E-state index in [9.17, 15) is 4.79 Å². The molecule has 0 aliphatic rings. The number of rotatable bonds is 3. The second kappa shape index (κ2) is 5.63. The number of nitrogens with two attached hydrogens (primary N) is 1. The van der Waals surface area contributed by atoms with Crippen molar-refractivity contribution < 1.29 is 0 Å². The molecule has 100 valence electrons. The maximum Gasteiger partial charge on any atom is 0.289 e. The fourth-order valence-electron chi connectivity index (χ4n) is 1.75. The Morgan fingerprint density at radius 1 is 1.32 bits per heavy atom. The highest BCUT2D eigenvalue weighted by Gasteiger charge is 2.10. The van der Waals surface area contributed by atoms with Gasteiger partial charge in [-0.15, -0.1) is 0 Å². The minimum absolute atomic E-state index is 0.157. The molecule has 0 aliphatic carbocycles. The van der Waals surface area contributed by atoms with Crippen molar-refractivity contribution in [2.75, 3.05) is 5.73 Å². The van der Waals surface area contributed by atoms with Gasteiger partial charge in [-0.3, -0.25) is 4.79 Å². The van der Waals surface area contributed by atoms with Gasteiger partial charge in [0.2, 0.25) is 0 Å². The number of benzene rings is 1. The van der Waals surface area contributed by atoms with Gasteiger partial charge >= 0.3 is 0 Å². The van der Waals surface area contributed by atoms with Crippen LogP contribution in [0, 0.1) is 0 Å². The summed E-state index contributed by atoms with van der Waals surface area (Å²) in [5.74, 6) is 0. The van der Waals surface area contributed by atoms with Gasteiger partial charge in [-0.1, -0.05) is 30.1 Å². The highest BCUT2D eigenvalue weighted by Crippen LogP contribution is 2.29. The zero-order chi connectivity index (χ0) is 14.0. The molecule has 0 atom stereocenters. The average Bonchev–Trinajstić information content (AvgIpc) is 2.35. The fourth-order valence-corrected chi connectivity index (χ4v) is 2.26. The number of nitrogen functional groups attached to an aromatic ring is 1. The molecule has 1 heterocycles. The summed E-state index contributed by atoms with van der Waals surface area (Å²) in [6.45, 7) is 2.48. The largest absolute Gasteiger partial charge is 0.394 e.